The van der Waals surface area contributed by atoms with Gasteiger partial charge in [-0.15, -0.1) is 0 Å². The fraction of sp³-hybridized carbons (Fsp3) is 0.647. The van der Waals surface area contributed by atoms with Crippen LogP contribution in [0.2, 0.25) is 0 Å². The van der Waals surface area contributed by atoms with E-state index in [1.807, 2.05) is 0 Å². The zero-order chi connectivity index (χ0) is 14.4. The van der Waals surface area contributed by atoms with E-state index < -0.39 is 0 Å². The zero-order valence-corrected chi connectivity index (χ0v) is 16.6. The number of likely N-dealkylation sites (N-methyl/N-ethyl adjacent to an activating group) is 1. The van der Waals surface area contributed by atoms with Gasteiger partial charge in [0.05, 0.1) is 40.0 Å². The Morgan fingerprint density at radius 2 is 1.86 bits per heavy atom. The molecule has 3 nitrogen and oxygen atoms in total. The van der Waals surface area contributed by atoms with E-state index in [9.17, 15) is 0 Å². The average Bonchev–Trinajstić information content (AvgIpc) is 2.63. The van der Waals surface area contributed by atoms with Crippen LogP contribution in [0, 0.1) is 13.8 Å². The smallest absolute Gasteiger partial charge is 0.125 e. The molecule has 0 aliphatic carbocycles. The summed E-state index contributed by atoms with van der Waals surface area (Å²) in [5.41, 5.74) is 2.46. The molecular formula is C17H28NO2Y+. The SMILES string of the molecule is Cc1cccc(C)c1OCCC[N+]1(C)CCCOCC1.[Y]. The summed E-state index contributed by atoms with van der Waals surface area (Å²) in [6.07, 6.45) is 2.28. The molecule has 115 valence electrons. The summed E-state index contributed by atoms with van der Waals surface area (Å²) in [5.74, 6) is 1.06. The van der Waals surface area contributed by atoms with E-state index in [1.165, 1.54) is 30.6 Å². The van der Waals surface area contributed by atoms with Crippen LogP contribution >= 0.6 is 0 Å². The minimum atomic E-state index is 0. The molecule has 1 fully saturated rings. The van der Waals surface area contributed by atoms with E-state index in [0.717, 1.165) is 43.0 Å². The zero-order valence-electron chi connectivity index (χ0n) is 13.7. The van der Waals surface area contributed by atoms with Crippen molar-refractivity contribution in [1.82, 2.24) is 0 Å². The fourth-order valence-electron chi connectivity index (χ4n) is 2.92. The number of ether oxygens (including phenoxy) is 2. The third kappa shape index (κ3) is 5.98. The van der Waals surface area contributed by atoms with Gasteiger partial charge in [0.25, 0.3) is 0 Å². The number of hydrogen-bond donors (Lipinski definition) is 0. The van der Waals surface area contributed by atoms with E-state index in [2.05, 4.69) is 39.1 Å². The van der Waals surface area contributed by atoms with Crippen molar-refractivity contribution in [1.29, 1.82) is 0 Å². The maximum Gasteiger partial charge on any atom is 0.125 e. The first-order valence-corrected chi connectivity index (χ1v) is 7.71. The quantitative estimate of drug-likeness (QED) is 0.589. The van der Waals surface area contributed by atoms with Crippen LogP contribution in [0.1, 0.15) is 24.0 Å². The first-order chi connectivity index (χ1) is 9.61. The van der Waals surface area contributed by atoms with Crippen LogP contribution in [0.15, 0.2) is 18.2 Å². The van der Waals surface area contributed by atoms with E-state index in [0.29, 0.717) is 0 Å². The number of aryl methyl sites for hydroxylation is 2. The fourth-order valence-corrected chi connectivity index (χ4v) is 2.92. The summed E-state index contributed by atoms with van der Waals surface area (Å²) < 4.78 is 12.7. The predicted octanol–water partition coefficient (Wildman–Crippen LogP) is 2.94. The Kier molecular flexibility index (Phi) is 8.40. The minimum absolute atomic E-state index is 0. The van der Waals surface area contributed by atoms with E-state index in [1.54, 1.807) is 0 Å². The molecule has 1 aromatic carbocycles. The van der Waals surface area contributed by atoms with Crippen LogP contribution in [0.4, 0.5) is 0 Å². The second kappa shape index (κ2) is 9.24. The van der Waals surface area contributed by atoms with Gasteiger partial charge in [-0.25, -0.2) is 0 Å². The van der Waals surface area contributed by atoms with Gasteiger partial charge in [0.2, 0.25) is 0 Å². The Bertz CT molecular complexity index is 409. The first-order valence-electron chi connectivity index (χ1n) is 7.71. The van der Waals surface area contributed by atoms with Crippen molar-refractivity contribution in [3.8, 4) is 5.75 Å². The molecule has 1 aromatic rings. The van der Waals surface area contributed by atoms with Gasteiger partial charge in [-0.1, -0.05) is 18.2 Å². The maximum absolute atomic E-state index is 5.99. The Morgan fingerprint density at radius 3 is 2.57 bits per heavy atom. The molecule has 0 amide bonds. The van der Waals surface area contributed by atoms with Gasteiger partial charge in [-0.3, -0.25) is 0 Å². The summed E-state index contributed by atoms with van der Waals surface area (Å²) in [5, 5.41) is 0. The van der Waals surface area contributed by atoms with Crippen LogP contribution in [-0.2, 0) is 37.4 Å². The van der Waals surface area contributed by atoms with Gasteiger partial charge in [0, 0.05) is 45.6 Å². The summed E-state index contributed by atoms with van der Waals surface area (Å²) >= 11 is 0. The summed E-state index contributed by atoms with van der Waals surface area (Å²) in [6.45, 7) is 10.4. The Morgan fingerprint density at radius 1 is 1.14 bits per heavy atom. The van der Waals surface area contributed by atoms with Gasteiger partial charge in [-0.05, 0) is 25.0 Å². The molecule has 2 rings (SSSR count). The Hall–Kier alpha value is 0.0439. The van der Waals surface area contributed by atoms with Crippen LogP contribution in [-0.4, -0.2) is 51.0 Å². The number of benzene rings is 1. The molecule has 0 aromatic heterocycles. The number of para-hydroxylation sites is 1. The second-order valence-corrected chi connectivity index (χ2v) is 6.18. The van der Waals surface area contributed by atoms with Crippen LogP contribution in [0.25, 0.3) is 0 Å². The van der Waals surface area contributed by atoms with Crippen molar-refractivity contribution < 1.29 is 46.7 Å². The molecule has 1 heterocycles. The molecule has 0 spiro atoms. The summed E-state index contributed by atoms with van der Waals surface area (Å²) in [6, 6.07) is 6.31. The molecule has 21 heavy (non-hydrogen) atoms. The van der Waals surface area contributed by atoms with Gasteiger partial charge in [0.1, 0.15) is 12.3 Å². The van der Waals surface area contributed by atoms with Crippen molar-refractivity contribution >= 4 is 0 Å². The number of hydrogen-bond acceptors (Lipinski definition) is 2. The van der Waals surface area contributed by atoms with Crippen LogP contribution in [0.3, 0.4) is 0 Å². The molecule has 0 N–H and O–H groups in total. The molecule has 0 saturated carbocycles. The Labute approximate surface area is 154 Å². The molecule has 1 saturated heterocycles. The van der Waals surface area contributed by atoms with E-state index in [4.69, 9.17) is 9.47 Å². The standard InChI is InChI=1S/C17H28NO2.Y/c1-15-7-4-8-16(2)17(15)20-13-6-10-18(3)9-5-12-19-14-11-18;/h4,7-8H,5-6,9-14H2,1-3H3;/q+1;. The third-order valence-corrected chi connectivity index (χ3v) is 4.26. The first kappa shape index (κ1) is 19.1. The maximum atomic E-state index is 5.99. The molecule has 1 atom stereocenters. The van der Waals surface area contributed by atoms with Crippen molar-refractivity contribution in [3.63, 3.8) is 0 Å². The van der Waals surface area contributed by atoms with Crippen molar-refractivity contribution in [3.05, 3.63) is 29.3 Å². The van der Waals surface area contributed by atoms with Gasteiger partial charge in [0.15, 0.2) is 0 Å². The van der Waals surface area contributed by atoms with Crippen molar-refractivity contribution in [2.45, 2.75) is 26.7 Å². The largest absolute Gasteiger partial charge is 0.493 e. The number of nitrogens with zero attached hydrogens (tertiary/aromatic N) is 1. The van der Waals surface area contributed by atoms with Crippen LogP contribution in [0.5, 0.6) is 5.75 Å². The predicted molar refractivity (Wildman–Crippen MR) is 82.2 cm³/mol. The minimum Gasteiger partial charge on any atom is -0.493 e. The van der Waals surface area contributed by atoms with E-state index >= 15 is 0 Å². The molecule has 0 bridgehead atoms. The molecule has 1 radical (unpaired) electrons. The molecule has 1 aliphatic heterocycles. The van der Waals surface area contributed by atoms with Gasteiger partial charge < -0.3 is 14.0 Å². The summed E-state index contributed by atoms with van der Waals surface area (Å²) in [7, 11) is 2.34. The number of rotatable bonds is 5. The molecule has 4 heteroatoms. The molecular weight excluding hydrogens is 339 g/mol. The second-order valence-electron chi connectivity index (χ2n) is 6.18. The monoisotopic (exact) mass is 367 g/mol. The average molecular weight is 367 g/mol. The van der Waals surface area contributed by atoms with Gasteiger partial charge in [-0.2, -0.15) is 0 Å². The van der Waals surface area contributed by atoms with Gasteiger partial charge >= 0.3 is 0 Å². The third-order valence-electron chi connectivity index (χ3n) is 4.26. The Balaban J connectivity index is 0.00000220. The van der Waals surface area contributed by atoms with E-state index in [-0.39, 0.29) is 32.7 Å². The normalized spacial score (nSPS) is 22.2. The topological polar surface area (TPSA) is 18.5 Å². The van der Waals surface area contributed by atoms with Crippen molar-refractivity contribution in [2.24, 2.45) is 0 Å². The number of quaternary nitrogens is 1. The molecule has 1 aliphatic rings. The van der Waals surface area contributed by atoms with Crippen molar-refractivity contribution in [2.75, 3.05) is 46.5 Å². The molecule has 1 unspecified atom stereocenters. The summed E-state index contributed by atoms with van der Waals surface area (Å²) in [4.78, 5) is 0. The van der Waals surface area contributed by atoms with Crippen LogP contribution < -0.4 is 4.74 Å².